The number of nitrogens with zero attached hydrogens (tertiary/aromatic N) is 2. The summed E-state index contributed by atoms with van der Waals surface area (Å²) >= 11 is 0. The number of benzene rings is 2. The lowest BCUT2D eigenvalue weighted by Crippen LogP contribution is -2.38. The molecule has 0 radical (unpaired) electrons. The van der Waals surface area contributed by atoms with Crippen LogP contribution in [-0.4, -0.2) is 33.4 Å². The molecule has 1 aliphatic heterocycles. The van der Waals surface area contributed by atoms with E-state index in [1.165, 1.54) is 17.2 Å². The first-order valence-electron chi connectivity index (χ1n) is 9.42. The van der Waals surface area contributed by atoms with Crippen LogP contribution in [0.3, 0.4) is 0 Å². The Morgan fingerprint density at radius 2 is 1.90 bits per heavy atom. The number of amides is 3. The molecular formula is C22H21FN4O2. The van der Waals surface area contributed by atoms with Gasteiger partial charge in [-0.2, -0.15) is 0 Å². The Morgan fingerprint density at radius 1 is 1.14 bits per heavy atom. The molecule has 2 aromatic carbocycles. The van der Waals surface area contributed by atoms with Crippen LogP contribution in [0, 0.1) is 12.7 Å². The highest BCUT2D eigenvalue weighted by atomic mass is 19.1. The highest BCUT2D eigenvalue weighted by molar-refractivity contribution is 6.02. The third-order valence-electron chi connectivity index (χ3n) is 5.25. The molecule has 0 spiro atoms. The number of aromatic nitrogens is 2. The number of urea groups is 1. The number of rotatable bonds is 5. The standard InChI is InChI=1S/C22H21FN4O2/c1-13-8-9-16(17(23)10-13)18-11-24-21(26-18)20(27-19(28)12-25-22(27)29)14(2)15-6-4-3-5-7-15/h3-11,14,20H,12H2,1-2H3,(H,24,26)(H,25,29). The summed E-state index contributed by atoms with van der Waals surface area (Å²) in [6, 6.07) is 13.5. The summed E-state index contributed by atoms with van der Waals surface area (Å²) in [7, 11) is 0. The molecule has 29 heavy (non-hydrogen) atoms. The van der Waals surface area contributed by atoms with Gasteiger partial charge >= 0.3 is 6.03 Å². The summed E-state index contributed by atoms with van der Waals surface area (Å²) in [5.41, 5.74) is 2.66. The van der Waals surface area contributed by atoms with Gasteiger partial charge in [0.05, 0.1) is 18.4 Å². The summed E-state index contributed by atoms with van der Waals surface area (Å²) in [5, 5.41) is 2.57. The van der Waals surface area contributed by atoms with E-state index in [1.54, 1.807) is 6.07 Å². The van der Waals surface area contributed by atoms with Crippen LogP contribution in [0.25, 0.3) is 11.3 Å². The van der Waals surface area contributed by atoms with E-state index in [1.807, 2.05) is 50.2 Å². The van der Waals surface area contributed by atoms with Gasteiger partial charge in [0.25, 0.3) is 5.91 Å². The van der Waals surface area contributed by atoms with E-state index >= 15 is 0 Å². The lowest BCUT2D eigenvalue weighted by atomic mass is 9.91. The van der Waals surface area contributed by atoms with E-state index in [2.05, 4.69) is 15.3 Å². The van der Waals surface area contributed by atoms with Crippen molar-refractivity contribution in [1.29, 1.82) is 0 Å². The van der Waals surface area contributed by atoms with E-state index in [-0.39, 0.29) is 24.2 Å². The van der Waals surface area contributed by atoms with E-state index in [9.17, 15) is 14.0 Å². The van der Waals surface area contributed by atoms with Crippen molar-refractivity contribution in [1.82, 2.24) is 20.2 Å². The first-order valence-corrected chi connectivity index (χ1v) is 9.42. The van der Waals surface area contributed by atoms with Gasteiger partial charge in [0.2, 0.25) is 0 Å². The van der Waals surface area contributed by atoms with Crippen LogP contribution in [-0.2, 0) is 4.79 Å². The number of aryl methyl sites for hydroxylation is 1. The molecule has 2 N–H and O–H groups in total. The van der Waals surface area contributed by atoms with Gasteiger partial charge in [-0.05, 0) is 30.2 Å². The fourth-order valence-electron chi connectivity index (χ4n) is 3.70. The van der Waals surface area contributed by atoms with Crippen molar-refractivity contribution >= 4 is 11.9 Å². The number of aromatic amines is 1. The molecule has 1 aliphatic rings. The summed E-state index contributed by atoms with van der Waals surface area (Å²) in [4.78, 5) is 33.6. The second-order valence-corrected chi connectivity index (χ2v) is 7.23. The molecule has 2 atom stereocenters. The van der Waals surface area contributed by atoms with Crippen molar-refractivity contribution in [3.05, 3.63) is 77.5 Å². The first kappa shape index (κ1) is 18.9. The van der Waals surface area contributed by atoms with Gasteiger partial charge in [0, 0.05) is 11.5 Å². The molecule has 4 rings (SSSR count). The first-order chi connectivity index (χ1) is 14.0. The topological polar surface area (TPSA) is 78.1 Å². The molecule has 0 aliphatic carbocycles. The van der Waals surface area contributed by atoms with Crippen LogP contribution in [0.1, 0.15) is 35.8 Å². The van der Waals surface area contributed by atoms with Crippen LogP contribution in [0.2, 0.25) is 0 Å². The van der Waals surface area contributed by atoms with Crippen molar-refractivity contribution in [2.24, 2.45) is 0 Å². The van der Waals surface area contributed by atoms with Gasteiger partial charge < -0.3 is 10.3 Å². The van der Waals surface area contributed by atoms with Crippen molar-refractivity contribution in [2.75, 3.05) is 6.54 Å². The Morgan fingerprint density at radius 3 is 2.55 bits per heavy atom. The van der Waals surface area contributed by atoms with Crippen LogP contribution < -0.4 is 5.32 Å². The smallest absolute Gasteiger partial charge is 0.325 e. The number of hydrogen-bond donors (Lipinski definition) is 2. The molecule has 6 nitrogen and oxygen atoms in total. The average Bonchev–Trinajstić information content (AvgIpc) is 3.31. The lowest BCUT2D eigenvalue weighted by Gasteiger charge is -2.29. The van der Waals surface area contributed by atoms with E-state index < -0.39 is 12.1 Å². The van der Waals surface area contributed by atoms with E-state index in [4.69, 9.17) is 0 Å². The maximum atomic E-state index is 14.4. The summed E-state index contributed by atoms with van der Waals surface area (Å²) < 4.78 is 14.4. The quantitative estimate of drug-likeness (QED) is 0.646. The summed E-state index contributed by atoms with van der Waals surface area (Å²) in [6.45, 7) is 3.71. The highest BCUT2D eigenvalue weighted by Crippen LogP contribution is 2.36. The summed E-state index contributed by atoms with van der Waals surface area (Å²) in [6.07, 6.45) is 1.53. The molecule has 1 saturated heterocycles. The molecule has 0 bridgehead atoms. The molecule has 2 unspecified atom stereocenters. The minimum Gasteiger partial charge on any atom is -0.340 e. The van der Waals surface area contributed by atoms with Gasteiger partial charge in [-0.25, -0.2) is 14.2 Å². The molecule has 3 aromatic rings. The number of hydrogen-bond acceptors (Lipinski definition) is 3. The van der Waals surface area contributed by atoms with Crippen molar-refractivity contribution in [3.63, 3.8) is 0 Å². The van der Waals surface area contributed by atoms with Crippen LogP contribution >= 0.6 is 0 Å². The number of carbonyl (C=O) groups is 2. The maximum absolute atomic E-state index is 14.4. The van der Waals surface area contributed by atoms with Gasteiger partial charge in [0.1, 0.15) is 17.7 Å². The van der Waals surface area contributed by atoms with Gasteiger partial charge in [-0.3, -0.25) is 9.69 Å². The molecule has 1 aromatic heterocycles. The molecule has 0 saturated carbocycles. The molecular weight excluding hydrogens is 371 g/mol. The number of carbonyl (C=O) groups excluding carboxylic acids is 2. The highest BCUT2D eigenvalue weighted by Gasteiger charge is 2.40. The van der Waals surface area contributed by atoms with E-state index in [0.29, 0.717) is 17.1 Å². The molecule has 148 valence electrons. The number of imide groups is 1. The molecule has 2 heterocycles. The third-order valence-corrected chi connectivity index (χ3v) is 5.25. The van der Waals surface area contributed by atoms with Gasteiger partial charge in [-0.1, -0.05) is 43.3 Å². The van der Waals surface area contributed by atoms with E-state index in [0.717, 1.165) is 11.1 Å². The molecule has 1 fully saturated rings. The monoisotopic (exact) mass is 392 g/mol. The Labute approximate surface area is 167 Å². The SMILES string of the molecule is Cc1ccc(-c2cnc(C(C(C)c3ccccc3)N3C(=O)CNC3=O)[nH]2)c(F)c1. The average molecular weight is 392 g/mol. The Bertz CT molecular complexity index is 1050. The number of nitrogens with one attached hydrogen (secondary N) is 2. The predicted octanol–water partition coefficient (Wildman–Crippen LogP) is 3.92. The van der Waals surface area contributed by atoms with Gasteiger partial charge in [0.15, 0.2) is 0 Å². The number of H-pyrrole nitrogens is 1. The normalized spacial score (nSPS) is 16.0. The van der Waals surface area contributed by atoms with Crippen molar-refractivity contribution < 1.29 is 14.0 Å². The second kappa shape index (κ2) is 7.50. The Kier molecular flexibility index (Phi) is 4.88. The molecule has 3 amide bonds. The minimum atomic E-state index is -0.644. The Balaban J connectivity index is 1.77. The largest absolute Gasteiger partial charge is 0.340 e. The zero-order chi connectivity index (χ0) is 20.5. The summed E-state index contributed by atoms with van der Waals surface area (Å²) in [5.74, 6) is -0.460. The third kappa shape index (κ3) is 3.51. The fraction of sp³-hybridized carbons (Fsp3) is 0.227. The zero-order valence-electron chi connectivity index (χ0n) is 16.1. The number of imidazole rings is 1. The molecule has 7 heteroatoms. The van der Waals surface area contributed by atoms with Crippen molar-refractivity contribution in [3.8, 4) is 11.3 Å². The Hall–Kier alpha value is -3.48. The lowest BCUT2D eigenvalue weighted by molar-refractivity contribution is -0.127. The predicted molar refractivity (Wildman–Crippen MR) is 107 cm³/mol. The fourth-order valence-corrected chi connectivity index (χ4v) is 3.70. The minimum absolute atomic E-state index is 0.0446. The van der Waals surface area contributed by atoms with Crippen LogP contribution in [0.5, 0.6) is 0 Å². The van der Waals surface area contributed by atoms with Crippen LogP contribution in [0.15, 0.2) is 54.7 Å². The van der Waals surface area contributed by atoms with Gasteiger partial charge in [-0.15, -0.1) is 0 Å². The number of halogens is 1. The van der Waals surface area contributed by atoms with Crippen LogP contribution in [0.4, 0.5) is 9.18 Å². The zero-order valence-corrected chi connectivity index (χ0v) is 16.1. The maximum Gasteiger partial charge on any atom is 0.325 e. The van der Waals surface area contributed by atoms with Crippen molar-refractivity contribution in [2.45, 2.75) is 25.8 Å². The second-order valence-electron chi connectivity index (χ2n) is 7.23.